The van der Waals surface area contributed by atoms with Gasteiger partial charge in [0.15, 0.2) is 0 Å². The molecule has 0 radical (unpaired) electrons. The van der Waals surface area contributed by atoms with Gasteiger partial charge in [-0.25, -0.2) is 0 Å². The van der Waals surface area contributed by atoms with Crippen LogP contribution in [0.1, 0.15) is 6.42 Å². The van der Waals surface area contributed by atoms with E-state index in [1.165, 1.54) is 39.1 Å². The van der Waals surface area contributed by atoms with E-state index < -0.39 is 0 Å². The molecule has 3 nitrogen and oxygen atoms in total. The lowest BCUT2D eigenvalue weighted by atomic mass is 10.2. The Labute approximate surface area is 101 Å². The van der Waals surface area contributed by atoms with E-state index in [0.29, 0.717) is 0 Å². The summed E-state index contributed by atoms with van der Waals surface area (Å²) < 4.78 is 0.747. The van der Waals surface area contributed by atoms with Crippen molar-refractivity contribution in [1.82, 2.24) is 14.7 Å². The summed E-state index contributed by atoms with van der Waals surface area (Å²) in [4.78, 5) is 7.58. The summed E-state index contributed by atoms with van der Waals surface area (Å²) in [7, 11) is 4.46. The Bertz CT molecular complexity index is 182. The molecular formula is C10H20IN3. The highest BCUT2D eigenvalue weighted by Gasteiger charge is 2.32. The fourth-order valence-electron chi connectivity index (χ4n) is 2.38. The van der Waals surface area contributed by atoms with E-state index in [1.807, 2.05) is 0 Å². The van der Waals surface area contributed by atoms with E-state index in [-0.39, 0.29) is 0 Å². The SMILES string of the molecule is CN1CCN([C@H]2C[C@@H](I)N(C)C2)CC1. The maximum absolute atomic E-state index is 2.68. The van der Waals surface area contributed by atoms with Crippen LogP contribution < -0.4 is 0 Å². The molecule has 2 rings (SSSR count). The summed E-state index contributed by atoms with van der Waals surface area (Å²) in [5, 5.41) is 0. The molecule has 0 amide bonds. The van der Waals surface area contributed by atoms with Crippen molar-refractivity contribution in [2.24, 2.45) is 0 Å². The van der Waals surface area contributed by atoms with E-state index >= 15 is 0 Å². The van der Waals surface area contributed by atoms with Crippen molar-refractivity contribution in [2.45, 2.75) is 16.5 Å². The van der Waals surface area contributed by atoms with Crippen LogP contribution in [-0.2, 0) is 0 Å². The zero-order valence-electron chi connectivity index (χ0n) is 9.12. The molecule has 14 heavy (non-hydrogen) atoms. The second-order valence-corrected chi connectivity index (χ2v) is 6.04. The van der Waals surface area contributed by atoms with E-state index in [4.69, 9.17) is 0 Å². The van der Waals surface area contributed by atoms with Crippen molar-refractivity contribution in [1.29, 1.82) is 0 Å². The Hall–Kier alpha value is 0.610. The molecule has 2 heterocycles. The second kappa shape index (κ2) is 4.63. The number of alkyl halides is 1. The maximum atomic E-state index is 2.68. The first-order chi connectivity index (χ1) is 6.66. The number of halogens is 1. The van der Waals surface area contributed by atoms with Crippen LogP contribution in [0.2, 0.25) is 0 Å². The van der Waals surface area contributed by atoms with Gasteiger partial charge in [0.05, 0.1) is 4.05 Å². The van der Waals surface area contributed by atoms with Crippen molar-refractivity contribution >= 4 is 22.6 Å². The summed E-state index contributed by atoms with van der Waals surface area (Å²) in [6, 6.07) is 0.815. The predicted octanol–water partition coefficient (Wildman–Crippen LogP) is 0.699. The monoisotopic (exact) mass is 309 g/mol. The third-order valence-electron chi connectivity index (χ3n) is 3.50. The van der Waals surface area contributed by atoms with Gasteiger partial charge >= 0.3 is 0 Å². The Kier molecular flexibility index (Phi) is 3.68. The summed E-state index contributed by atoms with van der Waals surface area (Å²) in [6.45, 7) is 6.27. The van der Waals surface area contributed by atoms with Gasteiger partial charge in [0.25, 0.3) is 0 Å². The molecule has 4 heteroatoms. The maximum Gasteiger partial charge on any atom is 0.0632 e. The molecule has 2 atom stereocenters. The smallest absolute Gasteiger partial charge is 0.0632 e. The van der Waals surface area contributed by atoms with Gasteiger partial charge < -0.3 is 4.90 Å². The molecule has 0 aromatic heterocycles. The minimum atomic E-state index is 0.747. The van der Waals surface area contributed by atoms with Gasteiger partial charge in [0.2, 0.25) is 0 Å². The highest BCUT2D eigenvalue weighted by atomic mass is 127. The van der Waals surface area contributed by atoms with Gasteiger partial charge in [0.1, 0.15) is 0 Å². The number of hydrogen-bond donors (Lipinski definition) is 0. The highest BCUT2D eigenvalue weighted by Crippen LogP contribution is 2.25. The van der Waals surface area contributed by atoms with Gasteiger partial charge in [-0.2, -0.15) is 0 Å². The van der Waals surface area contributed by atoms with Crippen molar-refractivity contribution in [3.63, 3.8) is 0 Å². The summed E-state index contributed by atoms with van der Waals surface area (Å²) >= 11 is 2.56. The molecule has 2 saturated heterocycles. The van der Waals surface area contributed by atoms with Crippen molar-refractivity contribution in [2.75, 3.05) is 46.8 Å². The van der Waals surface area contributed by atoms with E-state index in [9.17, 15) is 0 Å². The standard InChI is InChI=1S/C10H20IN3/c1-12-3-5-14(6-4-12)9-7-10(11)13(2)8-9/h9-10H,3-8H2,1-2H3/t9-,10-/m0/s1. The molecule has 82 valence electrons. The first kappa shape index (κ1) is 11.1. The van der Waals surface area contributed by atoms with Crippen LogP contribution in [0, 0.1) is 0 Å². The Morgan fingerprint density at radius 2 is 1.71 bits per heavy atom. The molecule has 2 aliphatic rings. The quantitative estimate of drug-likeness (QED) is 0.401. The Morgan fingerprint density at radius 3 is 2.21 bits per heavy atom. The van der Waals surface area contributed by atoms with Crippen LogP contribution >= 0.6 is 22.6 Å². The lowest BCUT2D eigenvalue weighted by Gasteiger charge is -2.36. The number of piperazine rings is 1. The predicted molar refractivity (Wildman–Crippen MR) is 67.9 cm³/mol. The zero-order chi connectivity index (χ0) is 10.1. The summed E-state index contributed by atoms with van der Waals surface area (Å²) in [5.41, 5.74) is 0. The lowest BCUT2D eigenvalue weighted by Crippen LogP contribution is -2.49. The lowest BCUT2D eigenvalue weighted by molar-refractivity contribution is 0.114. The van der Waals surface area contributed by atoms with Gasteiger partial charge in [-0.05, 0) is 20.5 Å². The molecule has 0 aromatic carbocycles. The summed E-state index contributed by atoms with van der Waals surface area (Å²) in [6.07, 6.45) is 1.35. The molecule has 2 aliphatic heterocycles. The summed E-state index contributed by atoms with van der Waals surface area (Å²) in [5.74, 6) is 0. The molecule has 0 aliphatic carbocycles. The van der Waals surface area contributed by atoms with Gasteiger partial charge in [-0.3, -0.25) is 9.80 Å². The minimum Gasteiger partial charge on any atom is -0.304 e. The third-order valence-corrected chi connectivity index (χ3v) is 4.96. The zero-order valence-corrected chi connectivity index (χ0v) is 11.3. The fraction of sp³-hybridized carbons (Fsp3) is 1.00. The van der Waals surface area contributed by atoms with E-state index in [2.05, 4.69) is 51.4 Å². The van der Waals surface area contributed by atoms with Gasteiger partial charge in [0, 0.05) is 38.8 Å². The molecule has 0 aromatic rings. The van der Waals surface area contributed by atoms with Crippen LogP contribution in [0.3, 0.4) is 0 Å². The topological polar surface area (TPSA) is 9.72 Å². The fourth-order valence-corrected chi connectivity index (χ4v) is 3.19. The van der Waals surface area contributed by atoms with E-state index in [0.717, 1.165) is 10.1 Å². The normalized spacial score (nSPS) is 37.9. The van der Waals surface area contributed by atoms with Crippen LogP contribution in [0.15, 0.2) is 0 Å². The van der Waals surface area contributed by atoms with Crippen LogP contribution in [-0.4, -0.2) is 71.6 Å². The van der Waals surface area contributed by atoms with Crippen LogP contribution in [0.5, 0.6) is 0 Å². The number of likely N-dealkylation sites (tertiary alicyclic amines) is 1. The van der Waals surface area contributed by atoms with Gasteiger partial charge in [-0.1, -0.05) is 22.6 Å². The van der Waals surface area contributed by atoms with Crippen molar-refractivity contribution in [3.8, 4) is 0 Å². The average Bonchev–Trinajstić information content (AvgIpc) is 2.48. The van der Waals surface area contributed by atoms with Crippen LogP contribution in [0.25, 0.3) is 0 Å². The van der Waals surface area contributed by atoms with Crippen LogP contribution in [0.4, 0.5) is 0 Å². The third kappa shape index (κ3) is 2.40. The molecule has 0 bridgehead atoms. The molecule has 0 N–H and O–H groups in total. The molecule has 0 saturated carbocycles. The molecular weight excluding hydrogens is 289 g/mol. The Balaban J connectivity index is 1.85. The number of rotatable bonds is 1. The van der Waals surface area contributed by atoms with Crippen molar-refractivity contribution in [3.05, 3.63) is 0 Å². The molecule has 0 spiro atoms. The Morgan fingerprint density at radius 1 is 1.07 bits per heavy atom. The number of nitrogens with zero attached hydrogens (tertiary/aromatic N) is 3. The number of likely N-dealkylation sites (N-methyl/N-ethyl adjacent to an activating group) is 2. The first-order valence-corrected chi connectivity index (χ1v) is 6.68. The average molecular weight is 309 g/mol. The second-order valence-electron chi connectivity index (χ2n) is 4.60. The highest BCUT2D eigenvalue weighted by molar-refractivity contribution is 14.1. The molecule has 0 unspecified atom stereocenters. The van der Waals surface area contributed by atoms with Crippen molar-refractivity contribution < 1.29 is 0 Å². The number of hydrogen-bond acceptors (Lipinski definition) is 3. The van der Waals surface area contributed by atoms with E-state index in [1.54, 1.807) is 0 Å². The first-order valence-electron chi connectivity index (χ1n) is 5.43. The van der Waals surface area contributed by atoms with Gasteiger partial charge in [-0.15, -0.1) is 0 Å². The minimum absolute atomic E-state index is 0.747. The largest absolute Gasteiger partial charge is 0.304 e. The molecule has 2 fully saturated rings.